The number of benzene rings is 1. The van der Waals surface area contributed by atoms with Gasteiger partial charge in [-0.1, -0.05) is 12.1 Å². The summed E-state index contributed by atoms with van der Waals surface area (Å²) < 4.78 is 13.6. The Kier molecular flexibility index (Phi) is 2.87. The van der Waals surface area contributed by atoms with Crippen molar-refractivity contribution in [3.63, 3.8) is 0 Å². The third-order valence-electron chi connectivity index (χ3n) is 2.38. The second kappa shape index (κ2) is 4.33. The molecule has 17 heavy (non-hydrogen) atoms. The third kappa shape index (κ3) is 2.15. The molecule has 0 aliphatic heterocycles. The monoisotopic (exact) mass is 231 g/mol. The number of carboxylic acid groups (broad SMARTS) is 1. The van der Waals surface area contributed by atoms with Gasteiger partial charge in [-0.3, -0.25) is 4.98 Å². The topological polar surface area (TPSA) is 50.2 Å². The van der Waals surface area contributed by atoms with Crippen molar-refractivity contribution in [3.8, 4) is 11.3 Å². The molecule has 0 saturated carbocycles. The molecular formula is C13H10FNO2. The lowest BCUT2D eigenvalue weighted by Crippen LogP contribution is -2.03. The molecule has 0 amide bonds. The van der Waals surface area contributed by atoms with Crippen LogP contribution in [0.2, 0.25) is 0 Å². The molecule has 1 aromatic heterocycles. The van der Waals surface area contributed by atoms with E-state index in [9.17, 15) is 9.18 Å². The summed E-state index contributed by atoms with van der Waals surface area (Å²) in [5.41, 5.74) is 1.09. The van der Waals surface area contributed by atoms with Crippen molar-refractivity contribution >= 4 is 5.97 Å². The predicted octanol–water partition coefficient (Wildman–Crippen LogP) is 2.89. The largest absolute Gasteiger partial charge is 0.478 e. The van der Waals surface area contributed by atoms with Gasteiger partial charge in [-0.2, -0.15) is 0 Å². The number of aryl methyl sites for hydroxylation is 1. The molecule has 86 valence electrons. The van der Waals surface area contributed by atoms with Crippen LogP contribution in [0.5, 0.6) is 0 Å². The summed E-state index contributed by atoms with van der Waals surface area (Å²) in [5, 5.41) is 9.08. The van der Waals surface area contributed by atoms with Gasteiger partial charge in [0.15, 0.2) is 0 Å². The molecule has 0 fully saturated rings. The molecule has 4 heteroatoms. The molecule has 0 saturated heterocycles. The number of pyridine rings is 1. The second-order valence-electron chi connectivity index (χ2n) is 3.69. The Morgan fingerprint density at radius 3 is 2.71 bits per heavy atom. The fraction of sp³-hybridized carbons (Fsp3) is 0.0769. The molecule has 3 nitrogen and oxygen atoms in total. The zero-order valence-corrected chi connectivity index (χ0v) is 9.14. The number of aromatic nitrogens is 1. The van der Waals surface area contributed by atoms with Crippen LogP contribution in [0, 0.1) is 12.7 Å². The van der Waals surface area contributed by atoms with Gasteiger partial charge in [-0.25, -0.2) is 9.18 Å². The van der Waals surface area contributed by atoms with Gasteiger partial charge in [0, 0.05) is 11.8 Å². The highest BCUT2D eigenvalue weighted by atomic mass is 19.1. The van der Waals surface area contributed by atoms with Gasteiger partial charge in [-0.05, 0) is 30.7 Å². The average Bonchev–Trinajstić information content (AvgIpc) is 2.30. The number of rotatable bonds is 2. The Hall–Kier alpha value is -2.23. The van der Waals surface area contributed by atoms with E-state index in [1.165, 1.54) is 24.4 Å². The molecular weight excluding hydrogens is 221 g/mol. The van der Waals surface area contributed by atoms with E-state index < -0.39 is 11.8 Å². The summed E-state index contributed by atoms with van der Waals surface area (Å²) in [7, 11) is 0. The van der Waals surface area contributed by atoms with E-state index in [2.05, 4.69) is 4.98 Å². The summed E-state index contributed by atoms with van der Waals surface area (Å²) in [5.74, 6) is -1.59. The SMILES string of the molecule is Cc1cnc(-c2ccccc2F)c(C(=O)O)c1. The van der Waals surface area contributed by atoms with Crippen molar-refractivity contribution in [2.75, 3.05) is 0 Å². The lowest BCUT2D eigenvalue weighted by atomic mass is 10.0. The van der Waals surface area contributed by atoms with Crippen molar-refractivity contribution in [1.82, 2.24) is 4.98 Å². The zero-order chi connectivity index (χ0) is 12.4. The molecule has 0 spiro atoms. The lowest BCUT2D eigenvalue weighted by molar-refractivity contribution is 0.0697. The van der Waals surface area contributed by atoms with Crippen molar-refractivity contribution in [2.45, 2.75) is 6.92 Å². The van der Waals surface area contributed by atoms with E-state index in [0.717, 1.165) is 5.56 Å². The van der Waals surface area contributed by atoms with Crippen LogP contribution in [-0.2, 0) is 0 Å². The first-order chi connectivity index (χ1) is 8.09. The van der Waals surface area contributed by atoms with Gasteiger partial charge in [0.1, 0.15) is 5.82 Å². The van der Waals surface area contributed by atoms with Crippen molar-refractivity contribution in [1.29, 1.82) is 0 Å². The number of hydrogen-bond donors (Lipinski definition) is 1. The van der Waals surface area contributed by atoms with Crippen LogP contribution in [0.15, 0.2) is 36.5 Å². The van der Waals surface area contributed by atoms with Gasteiger partial charge in [0.2, 0.25) is 0 Å². The van der Waals surface area contributed by atoms with Crippen LogP contribution in [0.4, 0.5) is 4.39 Å². The van der Waals surface area contributed by atoms with E-state index in [0.29, 0.717) is 0 Å². The maximum absolute atomic E-state index is 13.6. The summed E-state index contributed by atoms with van der Waals surface area (Å²) in [6.45, 7) is 1.74. The third-order valence-corrected chi connectivity index (χ3v) is 2.38. The second-order valence-corrected chi connectivity index (χ2v) is 3.69. The Morgan fingerprint density at radius 1 is 1.35 bits per heavy atom. The molecule has 0 atom stereocenters. The molecule has 1 heterocycles. The Morgan fingerprint density at radius 2 is 2.06 bits per heavy atom. The summed E-state index contributed by atoms with van der Waals surface area (Å²) >= 11 is 0. The van der Waals surface area contributed by atoms with Crippen molar-refractivity contribution in [2.24, 2.45) is 0 Å². The Labute approximate surface area is 97.6 Å². The first-order valence-corrected chi connectivity index (χ1v) is 5.04. The average molecular weight is 231 g/mol. The number of carboxylic acids is 1. The van der Waals surface area contributed by atoms with Gasteiger partial charge in [0.25, 0.3) is 0 Å². The molecule has 0 radical (unpaired) electrons. The van der Waals surface area contributed by atoms with Crippen LogP contribution in [0.1, 0.15) is 15.9 Å². The van der Waals surface area contributed by atoms with Gasteiger partial charge in [-0.15, -0.1) is 0 Å². The first-order valence-electron chi connectivity index (χ1n) is 5.04. The normalized spacial score (nSPS) is 10.2. The van der Waals surface area contributed by atoms with E-state index in [1.54, 1.807) is 19.1 Å². The van der Waals surface area contributed by atoms with Crippen LogP contribution in [-0.4, -0.2) is 16.1 Å². The van der Waals surface area contributed by atoms with E-state index in [1.807, 2.05) is 0 Å². The van der Waals surface area contributed by atoms with E-state index >= 15 is 0 Å². The predicted molar refractivity (Wildman–Crippen MR) is 61.3 cm³/mol. The number of carbonyl (C=O) groups is 1. The molecule has 0 unspecified atom stereocenters. The molecule has 0 aliphatic rings. The van der Waals surface area contributed by atoms with Crippen LogP contribution >= 0.6 is 0 Å². The van der Waals surface area contributed by atoms with Crippen LogP contribution in [0.25, 0.3) is 11.3 Å². The van der Waals surface area contributed by atoms with Crippen LogP contribution in [0.3, 0.4) is 0 Å². The maximum atomic E-state index is 13.6. The zero-order valence-electron chi connectivity index (χ0n) is 9.14. The van der Waals surface area contributed by atoms with Crippen molar-refractivity contribution < 1.29 is 14.3 Å². The van der Waals surface area contributed by atoms with Gasteiger partial charge >= 0.3 is 5.97 Å². The minimum Gasteiger partial charge on any atom is -0.478 e. The lowest BCUT2D eigenvalue weighted by Gasteiger charge is -2.07. The highest BCUT2D eigenvalue weighted by molar-refractivity contribution is 5.94. The quantitative estimate of drug-likeness (QED) is 0.864. The number of aromatic carboxylic acids is 1. The smallest absolute Gasteiger partial charge is 0.337 e. The highest BCUT2D eigenvalue weighted by Gasteiger charge is 2.15. The van der Waals surface area contributed by atoms with Crippen LogP contribution < -0.4 is 0 Å². The van der Waals surface area contributed by atoms with Gasteiger partial charge < -0.3 is 5.11 Å². The summed E-state index contributed by atoms with van der Waals surface area (Å²) in [6, 6.07) is 7.47. The molecule has 1 aromatic carbocycles. The molecule has 0 bridgehead atoms. The highest BCUT2D eigenvalue weighted by Crippen LogP contribution is 2.24. The summed E-state index contributed by atoms with van der Waals surface area (Å²) in [6.07, 6.45) is 1.52. The maximum Gasteiger partial charge on any atom is 0.337 e. The van der Waals surface area contributed by atoms with E-state index in [-0.39, 0.29) is 16.8 Å². The number of hydrogen-bond acceptors (Lipinski definition) is 2. The standard InChI is InChI=1S/C13H10FNO2/c1-8-6-10(13(16)17)12(15-7-8)9-4-2-3-5-11(9)14/h2-7H,1H3,(H,16,17). The number of halogens is 1. The minimum atomic E-state index is -1.11. The first kappa shape index (κ1) is 11.3. The molecule has 0 aliphatic carbocycles. The van der Waals surface area contributed by atoms with Gasteiger partial charge in [0.05, 0.1) is 11.3 Å². The molecule has 2 rings (SSSR count). The Bertz CT molecular complexity index is 581. The number of nitrogens with zero attached hydrogens (tertiary/aromatic N) is 1. The van der Waals surface area contributed by atoms with Crippen molar-refractivity contribution in [3.05, 3.63) is 53.5 Å². The minimum absolute atomic E-state index is 0.00935. The molecule has 2 aromatic rings. The summed E-state index contributed by atoms with van der Waals surface area (Å²) in [4.78, 5) is 15.1. The van der Waals surface area contributed by atoms with E-state index in [4.69, 9.17) is 5.11 Å². The molecule has 1 N–H and O–H groups in total. The Balaban J connectivity index is 2.68. The fourth-order valence-corrected chi connectivity index (χ4v) is 1.60. The fourth-order valence-electron chi connectivity index (χ4n) is 1.60.